The number of rotatable bonds is 7. The predicted octanol–water partition coefficient (Wildman–Crippen LogP) is 2.17. The lowest BCUT2D eigenvalue weighted by Gasteiger charge is -2.28. The molecule has 1 aromatic carbocycles. The fraction of sp³-hybridized carbons (Fsp3) is 0.529. The molecule has 0 radical (unpaired) electrons. The van der Waals surface area contributed by atoms with Crippen LogP contribution in [0.3, 0.4) is 0 Å². The maximum absolute atomic E-state index is 12.2. The van der Waals surface area contributed by atoms with E-state index in [9.17, 15) is 4.79 Å². The summed E-state index contributed by atoms with van der Waals surface area (Å²) < 4.78 is 5.22. The third kappa shape index (κ3) is 3.36. The molecule has 5 nitrogen and oxygen atoms in total. The van der Waals surface area contributed by atoms with E-state index in [0.29, 0.717) is 24.6 Å². The highest BCUT2D eigenvalue weighted by atomic mass is 16.5. The molecule has 22 heavy (non-hydrogen) atoms. The molecule has 5 heteroatoms. The molecule has 2 aromatic rings. The summed E-state index contributed by atoms with van der Waals surface area (Å²) in [6.45, 7) is 4.45. The molecule has 1 aromatic heterocycles. The zero-order valence-electron chi connectivity index (χ0n) is 13.2. The van der Waals surface area contributed by atoms with Gasteiger partial charge in [-0.15, -0.1) is 0 Å². The van der Waals surface area contributed by atoms with Gasteiger partial charge in [-0.25, -0.2) is 4.98 Å². The smallest absolute Gasteiger partial charge is 0.258 e. The van der Waals surface area contributed by atoms with Gasteiger partial charge in [0.15, 0.2) is 0 Å². The van der Waals surface area contributed by atoms with Crippen molar-refractivity contribution in [2.24, 2.45) is 5.92 Å². The molecule has 1 N–H and O–H groups in total. The quantitative estimate of drug-likeness (QED) is 0.851. The van der Waals surface area contributed by atoms with Crippen LogP contribution in [0.4, 0.5) is 0 Å². The fourth-order valence-corrected chi connectivity index (χ4v) is 2.91. The Morgan fingerprint density at radius 2 is 2.18 bits per heavy atom. The van der Waals surface area contributed by atoms with Crippen LogP contribution < -0.4 is 5.56 Å². The molecule has 1 fully saturated rings. The van der Waals surface area contributed by atoms with Crippen molar-refractivity contribution in [3.63, 3.8) is 0 Å². The summed E-state index contributed by atoms with van der Waals surface area (Å²) in [7, 11) is 1.72. The minimum atomic E-state index is -0.0635. The van der Waals surface area contributed by atoms with E-state index in [2.05, 4.69) is 21.8 Å². The van der Waals surface area contributed by atoms with E-state index in [1.54, 1.807) is 13.2 Å². The molecule has 1 aliphatic carbocycles. The van der Waals surface area contributed by atoms with Crippen LogP contribution in [0.2, 0.25) is 0 Å². The van der Waals surface area contributed by atoms with E-state index in [-0.39, 0.29) is 5.56 Å². The summed E-state index contributed by atoms with van der Waals surface area (Å²) in [5.74, 6) is 1.50. The van der Waals surface area contributed by atoms with Crippen LogP contribution in [-0.2, 0) is 11.3 Å². The zero-order chi connectivity index (χ0) is 15.5. The lowest BCUT2D eigenvalue weighted by molar-refractivity contribution is 0.109. The highest BCUT2D eigenvalue weighted by Crippen LogP contribution is 2.35. The van der Waals surface area contributed by atoms with Gasteiger partial charge in [0.2, 0.25) is 0 Å². The second-order valence-electron chi connectivity index (χ2n) is 6.07. The van der Waals surface area contributed by atoms with Crippen molar-refractivity contribution in [2.45, 2.75) is 32.4 Å². The first-order valence-corrected chi connectivity index (χ1v) is 7.90. The summed E-state index contributed by atoms with van der Waals surface area (Å²) in [5.41, 5.74) is 0.693. The number of ether oxygens (including phenoxy) is 1. The minimum absolute atomic E-state index is 0.0635. The van der Waals surface area contributed by atoms with Gasteiger partial charge in [0.05, 0.1) is 24.1 Å². The molecular weight excluding hydrogens is 278 g/mol. The molecule has 0 unspecified atom stereocenters. The monoisotopic (exact) mass is 301 g/mol. The van der Waals surface area contributed by atoms with Crippen LogP contribution in [0, 0.1) is 5.92 Å². The van der Waals surface area contributed by atoms with Crippen LogP contribution in [0.5, 0.6) is 0 Å². The average molecular weight is 301 g/mol. The first kappa shape index (κ1) is 15.2. The largest absolute Gasteiger partial charge is 0.383 e. The molecule has 1 heterocycles. The number of nitrogens with zero attached hydrogens (tertiary/aromatic N) is 2. The summed E-state index contributed by atoms with van der Waals surface area (Å²) in [6, 6.07) is 7.96. The van der Waals surface area contributed by atoms with Gasteiger partial charge in [0.1, 0.15) is 5.82 Å². The van der Waals surface area contributed by atoms with E-state index in [0.717, 1.165) is 23.8 Å². The van der Waals surface area contributed by atoms with Gasteiger partial charge in [-0.1, -0.05) is 12.1 Å². The standard InChI is InChI=1S/C17H23N3O2/c1-12(13-7-8-13)20(9-10-22-2)11-16-18-15-6-4-3-5-14(15)17(21)19-16/h3-6,12-13H,7-11H2,1-2H3,(H,18,19,21)/t12-/m1/s1. The summed E-state index contributed by atoms with van der Waals surface area (Å²) in [5, 5.41) is 0.643. The molecule has 118 valence electrons. The molecule has 1 atom stereocenters. The Bertz CT molecular complexity index is 694. The minimum Gasteiger partial charge on any atom is -0.383 e. The van der Waals surface area contributed by atoms with E-state index in [1.165, 1.54) is 12.8 Å². The highest BCUT2D eigenvalue weighted by Gasteiger charge is 2.32. The number of aromatic nitrogens is 2. The van der Waals surface area contributed by atoms with Crippen LogP contribution in [0.25, 0.3) is 10.9 Å². The number of nitrogens with one attached hydrogen (secondary N) is 1. The van der Waals surface area contributed by atoms with Gasteiger partial charge in [-0.05, 0) is 37.8 Å². The van der Waals surface area contributed by atoms with Crippen LogP contribution >= 0.6 is 0 Å². The SMILES string of the molecule is COCCN(Cc1nc2ccccc2c(=O)[nH]1)[C@H](C)C1CC1. The Morgan fingerprint density at radius 3 is 2.91 bits per heavy atom. The maximum atomic E-state index is 12.2. The summed E-state index contributed by atoms with van der Waals surface area (Å²) in [6.07, 6.45) is 2.60. The van der Waals surface area contributed by atoms with E-state index < -0.39 is 0 Å². The number of methoxy groups -OCH3 is 1. The van der Waals surface area contributed by atoms with Gasteiger partial charge in [-0.3, -0.25) is 9.69 Å². The molecule has 0 amide bonds. The van der Waals surface area contributed by atoms with Gasteiger partial charge in [0.25, 0.3) is 5.56 Å². The number of benzene rings is 1. The van der Waals surface area contributed by atoms with Crippen LogP contribution in [0.15, 0.2) is 29.1 Å². The van der Waals surface area contributed by atoms with Crippen LogP contribution in [-0.4, -0.2) is 41.2 Å². The van der Waals surface area contributed by atoms with Gasteiger partial charge in [0, 0.05) is 19.7 Å². The first-order chi connectivity index (χ1) is 10.7. The van der Waals surface area contributed by atoms with Gasteiger partial charge < -0.3 is 9.72 Å². The summed E-state index contributed by atoms with van der Waals surface area (Å²) >= 11 is 0. The van der Waals surface area contributed by atoms with Crippen molar-refractivity contribution in [2.75, 3.05) is 20.3 Å². The Hall–Kier alpha value is -1.72. The number of hydrogen-bond acceptors (Lipinski definition) is 4. The third-order valence-corrected chi connectivity index (χ3v) is 4.48. The number of hydrogen-bond donors (Lipinski definition) is 1. The van der Waals surface area contributed by atoms with Crippen molar-refractivity contribution in [3.8, 4) is 0 Å². The Morgan fingerprint density at radius 1 is 1.41 bits per heavy atom. The van der Waals surface area contributed by atoms with Gasteiger partial charge >= 0.3 is 0 Å². The fourth-order valence-electron chi connectivity index (χ4n) is 2.91. The molecule has 0 spiro atoms. The van der Waals surface area contributed by atoms with Crippen molar-refractivity contribution < 1.29 is 4.74 Å². The molecule has 1 saturated carbocycles. The number of fused-ring (bicyclic) bond motifs is 1. The molecular formula is C17H23N3O2. The molecule has 0 saturated heterocycles. The van der Waals surface area contributed by atoms with E-state index in [1.807, 2.05) is 18.2 Å². The van der Waals surface area contributed by atoms with Crippen molar-refractivity contribution >= 4 is 10.9 Å². The second kappa shape index (κ2) is 6.58. The average Bonchev–Trinajstić information content (AvgIpc) is 3.35. The van der Waals surface area contributed by atoms with Gasteiger partial charge in [-0.2, -0.15) is 0 Å². The molecule has 0 aliphatic heterocycles. The van der Waals surface area contributed by atoms with E-state index >= 15 is 0 Å². The lowest BCUT2D eigenvalue weighted by atomic mass is 10.2. The Labute approximate surface area is 130 Å². The lowest BCUT2D eigenvalue weighted by Crippen LogP contribution is -2.37. The van der Waals surface area contributed by atoms with Crippen molar-refractivity contribution in [3.05, 3.63) is 40.4 Å². The predicted molar refractivity (Wildman–Crippen MR) is 86.8 cm³/mol. The normalized spacial score (nSPS) is 16.3. The molecule has 3 rings (SSSR count). The highest BCUT2D eigenvalue weighted by molar-refractivity contribution is 5.77. The van der Waals surface area contributed by atoms with Crippen molar-refractivity contribution in [1.29, 1.82) is 0 Å². The number of H-pyrrole nitrogens is 1. The zero-order valence-corrected chi connectivity index (χ0v) is 13.2. The number of aromatic amines is 1. The topological polar surface area (TPSA) is 58.2 Å². The first-order valence-electron chi connectivity index (χ1n) is 7.90. The Balaban J connectivity index is 1.83. The Kier molecular flexibility index (Phi) is 4.55. The molecule has 1 aliphatic rings. The third-order valence-electron chi connectivity index (χ3n) is 4.48. The molecule has 0 bridgehead atoms. The van der Waals surface area contributed by atoms with Crippen LogP contribution in [0.1, 0.15) is 25.6 Å². The number of para-hydroxylation sites is 1. The summed E-state index contributed by atoms with van der Waals surface area (Å²) in [4.78, 5) is 22.1. The van der Waals surface area contributed by atoms with E-state index in [4.69, 9.17) is 4.74 Å². The second-order valence-corrected chi connectivity index (χ2v) is 6.07. The van der Waals surface area contributed by atoms with Crippen molar-refractivity contribution in [1.82, 2.24) is 14.9 Å². The maximum Gasteiger partial charge on any atom is 0.258 e.